The molecule has 0 saturated carbocycles. The van der Waals surface area contributed by atoms with Crippen molar-refractivity contribution in [2.75, 3.05) is 0 Å². The minimum absolute atomic E-state index is 0.443. The fourth-order valence-electron chi connectivity index (χ4n) is 1.46. The second kappa shape index (κ2) is 3.43. The number of nitriles is 1. The van der Waals surface area contributed by atoms with Gasteiger partial charge >= 0.3 is 0 Å². The Labute approximate surface area is 90.1 Å². The van der Waals surface area contributed by atoms with E-state index in [4.69, 9.17) is 5.26 Å². The number of benzene rings is 1. The number of rotatable bonds is 1. The van der Waals surface area contributed by atoms with Crippen LogP contribution >= 0.6 is 15.9 Å². The van der Waals surface area contributed by atoms with Crippen LogP contribution in [0.25, 0.3) is 10.9 Å². The Balaban J connectivity index is 2.66. The van der Waals surface area contributed by atoms with Gasteiger partial charge in [-0.1, -0.05) is 6.07 Å². The Hall–Kier alpha value is -1.34. The van der Waals surface area contributed by atoms with Crippen molar-refractivity contribution in [3.05, 3.63) is 28.4 Å². The molecule has 0 aliphatic rings. The fourth-order valence-corrected chi connectivity index (χ4v) is 2.03. The van der Waals surface area contributed by atoms with Crippen LogP contribution in [0.4, 0.5) is 0 Å². The summed E-state index contributed by atoms with van der Waals surface area (Å²) in [4.78, 5) is 0. The molecule has 0 fully saturated rings. The molecule has 0 spiro atoms. The van der Waals surface area contributed by atoms with Crippen molar-refractivity contribution in [3.8, 4) is 6.07 Å². The number of aryl methyl sites for hydroxylation is 1. The van der Waals surface area contributed by atoms with E-state index < -0.39 is 0 Å². The second-order valence-electron chi connectivity index (χ2n) is 3.10. The molecular formula is C10H8BrN3. The molecule has 0 radical (unpaired) electrons. The Morgan fingerprint density at radius 1 is 1.57 bits per heavy atom. The molecule has 3 nitrogen and oxygen atoms in total. The molecule has 0 aliphatic carbocycles. The summed E-state index contributed by atoms with van der Waals surface area (Å²) in [6.45, 7) is 0. The second-order valence-corrected chi connectivity index (χ2v) is 3.85. The number of fused-ring (bicyclic) bond motifs is 1. The van der Waals surface area contributed by atoms with Crippen LogP contribution in [-0.4, -0.2) is 9.78 Å². The Bertz CT molecular complexity index is 522. The van der Waals surface area contributed by atoms with Gasteiger partial charge in [0.05, 0.1) is 18.0 Å². The van der Waals surface area contributed by atoms with E-state index in [0.29, 0.717) is 6.42 Å². The van der Waals surface area contributed by atoms with Crippen molar-refractivity contribution in [1.82, 2.24) is 9.78 Å². The van der Waals surface area contributed by atoms with Crippen LogP contribution in [-0.2, 0) is 13.5 Å². The van der Waals surface area contributed by atoms with Crippen LogP contribution in [0.5, 0.6) is 0 Å². The molecule has 1 heterocycles. The van der Waals surface area contributed by atoms with Crippen molar-refractivity contribution in [2.24, 2.45) is 7.05 Å². The first-order chi connectivity index (χ1) is 6.72. The number of aromatic nitrogens is 2. The van der Waals surface area contributed by atoms with Crippen molar-refractivity contribution in [2.45, 2.75) is 6.42 Å². The summed E-state index contributed by atoms with van der Waals surface area (Å²) in [5.41, 5.74) is 2.07. The number of halogens is 1. The Morgan fingerprint density at radius 3 is 3.07 bits per heavy atom. The number of hydrogen-bond acceptors (Lipinski definition) is 2. The maximum absolute atomic E-state index is 8.58. The van der Waals surface area contributed by atoms with E-state index >= 15 is 0 Å². The highest BCUT2D eigenvalue weighted by atomic mass is 79.9. The van der Waals surface area contributed by atoms with Crippen LogP contribution in [0, 0.1) is 11.3 Å². The molecule has 2 rings (SSSR count). The van der Waals surface area contributed by atoms with Crippen LogP contribution in [0.15, 0.2) is 22.8 Å². The van der Waals surface area contributed by atoms with Crippen LogP contribution in [0.3, 0.4) is 0 Å². The van der Waals surface area contributed by atoms with Crippen molar-refractivity contribution < 1.29 is 0 Å². The molecule has 0 saturated heterocycles. The maximum atomic E-state index is 8.58. The van der Waals surface area contributed by atoms with Gasteiger partial charge in [0.25, 0.3) is 0 Å². The zero-order valence-electron chi connectivity index (χ0n) is 7.66. The Morgan fingerprint density at radius 2 is 2.36 bits per heavy atom. The topological polar surface area (TPSA) is 41.6 Å². The van der Waals surface area contributed by atoms with E-state index in [-0.39, 0.29) is 0 Å². The molecule has 0 N–H and O–H groups in total. The fraction of sp³-hybridized carbons (Fsp3) is 0.200. The first-order valence-electron chi connectivity index (χ1n) is 4.20. The van der Waals surface area contributed by atoms with Gasteiger partial charge in [0.2, 0.25) is 0 Å². The molecule has 0 atom stereocenters. The van der Waals surface area contributed by atoms with Gasteiger partial charge in [0, 0.05) is 12.4 Å². The van der Waals surface area contributed by atoms with Gasteiger partial charge in [-0.25, -0.2) is 0 Å². The minimum Gasteiger partial charge on any atom is -0.267 e. The summed E-state index contributed by atoms with van der Waals surface area (Å²) in [5, 5.41) is 13.9. The van der Waals surface area contributed by atoms with Crippen LogP contribution in [0.1, 0.15) is 5.56 Å². The van der Waals surface area contributed by atoms with Gasteiger partial charge in [-0.3, -0.25) is 4.68 Å². The summed E-state index contributed by atoms with van der Waals surface area (Å²) < 4.78 is 2.65. The van der Waals surface area contributed by atoms with E-state index in [0.717, 1.165) is 21.1 Å². The zero-order valence-corrected chi connectivity index (χ0v) is 9.24. The van der Waals surface area contributed by atoms with Gasteiger partial charge in [0.1, 0.15) is 4.60 Å². The third kappa shape index (κ3) is 1.40. The van der Waals surface area contributed by atoms with E-state index in [9.17, 15) is 0 Å². The van der Waals surface area contributed by atoms with E-state index in [1.165, 1.54) is 0 Å². The van der Waals surface area contributed by atoms with Crippen molar-refractivity contribution in [3.63, 3.8) is 0 Å². The smallest absolute Gasteiger partial charge is 0.135 e. The predicted octanol–water partition coefficient (Wildman–Crippen LogP) is 2.40. The van der Waals surface area contributed by atoms with Crippen LogP contribution in [0.2, 0.25) is 0 Å². The average Bonchev–Trinajstić information content (AvgIpc) is 2.43. The van der Waals surface area contributed by atoms with Gasteiger partial charge in [-0.2, -0.15) is 10.4 Å². The lowest BCUT2D eigenvalue weighted by Gasteiger charge is -1.96. The third-order valence-corrected chi connectivity index (χ3v) is 2.74. The first-order valence-corrected chi connectivity index (χ1v) is 5.00. The molecule has 1 aromatic carbocycles. The molecule has 14 heavy (non-hydrogen) atoms. The summed E-state index contributed by atoms with van der Waals surface area (Å²) in [7, 11) is 1.89. The largest absolute Gasteiger partial charge is 0.267 e. The van der Waals surface area contributed by atoms with Gasteiger partial charge in [-0.15, -0.1) is 0 Å². The van der Waals surface area contributed by atoms with Crippen LogP contribution < -0.4 is 0 Å². The lowest BCUT2D eigenvalue weighted by atomic mass is 10.1. The van der Waals surface area contributed by atoms with E-state index in [1.54, 1.807) is 4.68 Å². The molecule has 4 heteroatoms. The molecule has 2 aromatic rings. The summed E-state index contributed by atoms with van der Waals surface area (Å²) in [5.74, 6) is 0. The SMILES string of the molecule is Cn1nc(Br)c2ccc(CC#N)cc21. The number of hydrogen-bond donors (Lipinski definition) is 0. The molecule has 1 aromatic heterocycles. The normalized spacial score (nSPS) is 10.4. The highest BCUT2D eigenvalue weighted by Gasteiger charge is 2.05. The molecule has 0 amide bonds. The lowest BCUT2D eigenvalue weighted by Crippen LogP contribution is -1.90. The zero-order chi connectivity index (χ0) is 10.1. The van der Waals surface area contributed by atoms with E-state index in [1.807, 2.05) is 25.2 Å². The quantitative estimate of drug-likeness (QED) is 0.779. The van der Waals surface area contributed by atoms with Crippen molar-refractivity contribution in [1.29, 1.82) is 5.26 Å². The Kier molecular flexibility index (Phi) is 2.26. The van der Waals surface area contributed by atoms with Crippen molar-refractivity contribution >= 4 is 26.8 Å². The van der Waals surface area contributed by atoms with Gasteiger partial charge in [0.15, 0.2) is 0 Å². The van der Waals surface area contributed by atoms with Gasteiger partial charge < -0.3 is 0 Å². The summed E-state index contributed by atoms with van der Waals surface area (Å²) >= 11 is 3.38. The summed E-state index contributed by atoms with van der Waals surface area (Å²) in [6.07, 6.45) is 0.443. The summed E-state index contributed by atoms with van der Waals surface area (Å²) in [6, 6.07) is 8.07. The lowest BCUT2D eigenvalue weighted by molar-refractivity contribution is 0.788. The molecular weight excluding hydrogens is 242 g/mol. The third-order valence-electron chi connectivity index (χ3n) is 2.15. The standard InChI is InChI=1S/C10H8BrN3/c1-14-9-6-7(4-5-12)2-3-8(9)10(11)13-14/h2-3,6H,4H2,1H3. The average molecular weight is 250 g/mol. The predicted molar refractivity (Wildman–Crippen MR) is 57.7 cm³/mol. The molecule has 0 aliphatic heterocycles. The number of nitrogens with zero attached hydrogens (tertiary/aromatic N) is 3. The maximum Gasteiger partial charge on any atom is 0.135 e. The van der Waals surface area contributed by atoms with E-state index in [2.05, 4.69) is 27.1 Å². The monoisotopic (exact) mass is 249 g/mol. The minimum atomic E-state index is 0.443. The first kappa shape index (κ1) is 9.22. The molecule has 0 bridgehead atoms. The van der Waals surface area contributed by atoms with Gasteiger partial charge in [-0.05, 0) is 33.6 Å². The highest BCUT2D eigenvalue weighted by molar-refractivity contribution is 9.10. The molecule has 0 unspecified atom stereocenters. The molecule has 70 valence electrons. The highest BCUT2D eigenvalue weighted by Crippen LogP contribution is 2.23.